The lowest BCUT2D eigenvalue weighted by Gasteiger charge is -2.12. The number of rotatable bonds is 4. The van der Waals surface area contributed by atoms with Gasteiger partial charge in [0.05, 0.1) is 16.7 Å². The van der Waals surface area contributed by atoms with Crippen LogP contribution in [0.4, 0.5) is 4.39 Å². The SMILES string of the molecule is N#Cc1cc(C(=O)NCC(O)c2ccc(Cl)c(F)c2)c[nH]1. The molecule has 0 fully saturated rings. The van der Waals surface area contributed by atoms with Crippen molar-refractivity contribution in [2.45, 2.75) is 6.10 Å². The lowest BCUT2D eigenvalue weighted by atomic mass is 10.1. The topological polar surface area (TPSA) is 88.9 Å². The molecule has 0 bridgehead atoms. The van der Waals surface area contributed by atoms with Gasteiger partial charge in [-0.3, -0.25) is 4.79 Å². The maximum Gasteiger partial charge on any atom is 0.252 e. The van der Waals surface area contributed by atoms with E-state index in [1.54, 1.807) is 0 Å². The van der Waals surface area contributed by atoms with Gasteiger partial charge in [0.15, 0.2) is 0 Å². The maximum absolute atomic E-state index is 13.3. The molecule has 0 spiro atoms. The summed E-state index contributed by atoms with van der Waals surface area (Å²) in [6.07, 6.45) is 0.331. The van der Waals surface area contributed by atoms with Gasteiger partial charge in [0, 0.05) is 12.7 Å². The molecule has 0 aliphatic carbocycles. The molecule has 1 unspecified atom stereocenters. The van der Waals surface area contributed by atoms with Crippen molar-refractivity contribution in [3.63, 3.8) is 0 Å². The summed E-state index contributed by atoms with van der Waals surface area (Å²) in [6, 6.07) is 7.19. The van der Waals surface area contributed by atoms with E-state index in [9.17, 15) is 14.3 Å². The van der Waals surface area contributed by atoms with E-state index in [1.165, 1.54) is 24.4 Å². The van der Waals surface area contributed by atoms with Gasteiger partial charge in [-0.25, -0.2) is 4.39 Å². The predicted octanol–water partition coefficient (Wildman–Crippen LogP) is 2.14. The summed E-state index contributed by atoms with van der Waals surface area (Å²) in [5, 5.41) is 21.0. The van der Waals surface area contributed by atoms with Gasteiger partial charge in [-0.2, -0.15) is 5.26 Å². The summed E-state index contributed by atoms with van der Waals surface area (Å²) in [4.78, 5) is 14.4. The zero-order valence-electron chi connectivity index (χ0n) is 10.7. The van der Waals surface area contributed by atoms with Crippen molar-refractivity contribution in [2.75, 3.05) is 6.54 Å². The summed E-state index contributed by atoms with van der Waals surface area (Å²) in [5.41, 5.74) is 0.852. The van der Waals surface area contributed by atoms with Crippen molar-refractivity contribution in [2.24, 2.45) is 0 Å². The summed E-state index contributed by atoms with van der Waals surface area (Å²) >= 11 is 5.55. The molecule has 1 aromatic heterocycles. The first-order valence-corrected chi connectivity index (χ1v) is 6.39. The van der Waals surface area contributed by atoms with Gasteiger partial charge in [0.1, 0.15) is 17.6 Å². The Bertz CT molecular complexity index is 708. The van der Waals surface area contributed by atoms with Crippen LogP contribution in [0.5, 0.6) is 0 Å². The Hall–Kier alpha value is -2.36. The van der Waals surface area contributed by atoms with Crippen LogP contribution in [-0.4, -0.2) is 22.5 Å². The third-order valence-electron chi connectivity index (χ3n) is 2.85. The Morgan fingerprint density at radius 2 is 2.29 bits per heavy atom. The molecule has 7 heteroatoms. The van der Waals surface area contributed by atoms with Crippen molar-refractivity contribution in [3.05, 3.63) is 58.1 Å². The minimum Gasteiger partial charge on any atom is -0.387 e. The molecule has 5 nitrogen and oxygen atoms in total. The number of aromatic nitrogens is 1. The quantitative estimate of drug-likeness (QED) is 0.808. The molecular weight excluding hydrogens is 297 g/mol. The van der Waals surface area contributed by atoms with Gasteiger partial charge in [0.2, 0.25) is 0 Å². The molecule has 108 valence electrons. The highest BCUT2D eigenvalue weighted by atomic mass is 35.5. The molecular formula is C14H11ClFN3O2. The number of hydrogen-bond donors (Lipinski definition) is 3. The molecule has 0 saturated carbocycles. The fraction of sp³-hybridized carbons (Fsp3) is 0.143. The van der Waals surface area contributed by atoms with E-state index in [-0.39, 0.29) is 22.8 Å². The van der Waals surface area contributed by atoms with Gasteiger partial charge in [-0.15, -0.1) is 0 Å². The molecule has 2 rings (SSSR count). The van der Waals surface area contributed by atoms with E-state index in [2.05, 4.69) is 10.3 Å². The minimum absolute atomic E-state index is 0.0358. The fourth-order valence-corrected chi connectivity index (χ4v) is 1.84. The lowest BCUT2D eigenvalue weighted by molar-refractivity contribution is 0.0916. The number of benzene rings is 1. The Kier molecular flexibility index (Phi) is 4.58. The molecule has 0 saturated heterocycles. The minimum atomic E-state index is -1.06. The van der Waals surface area contributed by atoms with E-state index in [4.69, 9.17) is 16.9 Å². The number of nitriles is 1. The van der Waals surface area contributed by atoms with Crippen LogP contribution in [0, 0.1) is 17.1 Å². The molecule has 1 atom stereocenters. The van der Waals surface area contributed by atoms with Crippen LogP contribution < -0.4 is 5.32 Å². The monoisotopic (exact) mass is 307 g/mol. The Morgan fingerprint density at radius 1 is 1.52 bits per heavy atom. The summed E-state index contributed by atoms with van der Waals surface area (Å²) in [7, 11) is 0. The number of carbonyl (C=O) groups excluding carboxylic acids is 1. The molecule has 2 aromatic rings. The average molecular weight is 308 g/mol. The first-order valence-electron chi connectivity index (χ1n) is 6.01. The van der Waals surface area contributed by atoms with E-state index in [0.717, 1.165) is 6.07 Å². The van der Waals surface area contributed by atoms with E-state index >= 15 is 0 Å². The third kappa shape index (κ3) is 3.60. The van der Waals surface area contributed by atoms with Gasteiger partial charge in [-0.1, -0.05) is 17.7 Å². The Labute approximate surface area is 125 Å². The van der Waals surface area contributed by atoms with Crippen molar-refractivity contribution in [1.29, 1.82) is 5.26 Å². The highest BCUT2D eigenvalue weighted by molar-refractivity contribution is 6.30. The number of carbonyl (C=O) groups is 1. The second kappa shape index (κ2) is 6.39. The third-order valence-corrected chi connectivity index (χ3v) is 3.16. The van der Waals surface area contributed by atoms with Crippen molar-refractivity contribution < 1.29 is 14.3 Å². The molecule has 0 aliphatic rings. The number of aliphatic hydroxyl groups is 1. The van der Waals surface area contributed by atoms with Gasteiger partial charge in [-0.05, 0) is 23.8 Å². The number of halogens is 2. The van der Waals surface area contributed by atoms with E-state index in [0.29, 0.717) is 5.56 Å². The van der Waals surface area contributed by atoms with Gasteiger partial charge >= 0.3 is 0 Å². The summed E-state index contributed by atoms with van der Waals surface area (Å²) < 4.78 is 13.3. The van der Waals surface area contributed by atoms with Crippen LogP contribution in [0.1, 0.15) is 27.7 Å². The molecule has 0 radical (unpaired) electrons. The zero-order chi connectivity index (χ0) is 15.4. The van der Waals surface area contributed by atoms with Gasteiger partial charge < -0.3 is 15.4 Å². The van der Waals surface area contributed by atoms with Crippen molar-refractivity contribution in [1.82, 2.24) is 10.3 Å². The first kappa shape index (κ1) is 15.0. The zero-order valence-corrected chi connectivity index (χ0v) is 11.5. The molecule has 1 amide bonds. The standard InChI is InChI=1S/C14H11ClFN3O2/c15-11-2-1-8(4-12(11)16)13(20)7-19-14(21)9-3-10(5-17)18-6-9/h1-4,6,13,18,20H,7H2,(H,19,21). The molecule has 1 aromatic carbocycles. The number of aliphatic hydroxyl groups excluding tert-OH is 1. The molecule has 3 N–H and O–H groups in total. The predicted molar refractivity (Wildman–Crippen MR) is 74.2 cm³/mol. The largest absolute Gasteiger partial charge is 0.387 e. The number of hydrogen-bond acceptors (Lipinski definition) is 3. The normalized spacial score (nSPS) is 11.7. The first-order chi connectivity index (χ1) is 10.0. The number of nitrogens with one attached hydrogen (secondary N) is 2. The van der Waals surface area contributed by atoms with E-state index in [1.807, 2.05) is 6.07 Å². The smallest absolute Gasteiger partial charge is 0.252 e. The van der Waals surface area contributed by atoms with Crippen LogP contribution in [0.3, 0.4) is 0 Å². The Balaban J connectivity index is 1.97. The molecule has 0 aliphatic heterocycles. The number of H-pyrrole nitrogens is 1. The number of aromatic amines is 1. The Morgan fingerprint density at radius 3 is 2.90 bits per heavy atom. The molecule has 1 heterocycles. The van der Waals surface area contributed by atoms with Gasteiger partial charge in [0.25, 0.3) is 5.91 Å². The van der Waals surface area contributed by atoms with Crippen LogP contribution >= 0.6 is 11.6 Å². The second-order valence-corrected chi connectivity index (χ2v) is 4.72. The van der Waals surface area contributed by atoms with Crippen LogP contribution in [0.2, 0.25) is 5.02 Å². The highest BCUT2D eigenvalue weighted by Gasteiger charge is 2.13. The number of nitrogens with zero attached hydrogens (tertiary/aromatic N) is 1. The fourth-order valence-electron chi connectivity index (χ4n) is 1.72. The van der Waals surface area contributed by atoms with E-state index < -0.39 is 17.8 Å². The molecule has 21 heavy (non-hydrogen) atoms. The maximum atomic E-state index is 13.3. The van der Waals surface area contributed by atoms with Crippen LogP contribution in [0.25, 0.3) is 0 Å². The van der Waals surface area contributed by atoms with Crippen LogP contribution in [0.15, 0.2) is 30.5 Å². The number of amides is 1. The lowest BCUT2D eigenvalue weighted by Crippen LogP contribution is -2.28. The second-order valence-electron chi connectivity index (χ2n) is 4.31. The van der Waals surface area contributed by atoms with Crippen molar-refractivity contribution in [3.8, 4) is 6.07 Å². The summed E-state index contributed by atoms with van der Waals surface area (Å²) in [6.45, 7) is -0.0903. The average Bonchev–Trinajstić information content (AvgIpc) is 2.96. The summed E-state index contributed by atoms with van der Waals surface area (Å²) in [5.74, 6) is -1.08. The highest BCUT2D eigenvalue weighted by Crippen LogP contribution is 2.20. The van der Waals surface area contributed by atoms with Crippen molar-refractivity contribution >= 4 is 17.5 Å². The van der Waals surface area contributed by atoms with Crippen LogP contribution in [-0.2, 0) is 0 Å².